The van der Waals surface area contributed by atoms with Crippen LogP contribution in [0.2, 0.25) is 0 Å². The molecule has 0 spiro atoms. The Morgan fingerprint density at radius 2 is 2.13 bits per heavy atom. The summed E-state index contributed by atoms with van der Waals surface area (Å²) in [6.45, 7) is 5.11. The van der Waals surface area contributed by atoms with Crippen molar-refractivity contribution in [1.29, 1.82) is 0 Å². The van der Waals surface area contributed by atoms with E-state index in [1.807, 2.05) is 0 Å². The lowest BCUT2D eigenvalue weighted by molar-refractivity contribution is 0.286. The number of hydrogen-bond donors (Lipinski definition) is 0. The summed E-state index contributed by atoms with van der Waals surface area (Å²) in [5.74, 6) is 1.69. The molecule has 1 aromatic heterocycles. The van der Waals surface area contributed by atoms with Crippen LogP contribution in [0.4, 0.5) is 0 Å². The second-order valence-corrected chi connectivity index (χ2v) is 4.13. The van der Waals surface area contributed by atoms with Gasteiger partial charge in [0, 0.05) is 0 Å². The summed E-state index contributed by atoms with van der Waals surface area (Å²) in [6.07, 6.45) is 5.49. The highest BCUT2D eigenvalue weighted by atomic mass is 35.5. The van der Waals surface area contributed by atoms with Gasteiger partial charge in [-0.2, -0.15) is 0 Å². The minimum Gasteiger partial charge on any atom is -0.477 e. The van der Waals surface area contributed by atoms with Crippen molar-refractivity contribution < 1.29 is 4.74 Å². The van der Waals surface area contributed by atoms with E-state index >= 15 is 0 Å². The van der Waals surface area contributed by atoms with Crippen molar-refractivity contribution in [2.45, 2.75) is 32.6 Å². The molecule has 1 rings (SSSR count). The fourth-order valence-corrected chi connectivity index (χ4v) is 1.29. The van der Waals surface area contributed by atoms with Crippen molar-refractivity contribution in [3.05, 3.63) is 18.1 Å². The Morgan fingerprint density at radius 1 is 1.33 bits per heavy atom. The SMILES string of the molecule is CC(C)CCCOc1cnc(CCl)cn1. The maximum absolute atomic E-state index is 5.60. The lowest BCUT2D eigenvalue weighted by atomic mass is 10.1. The van der Waals surface area contributed by atoms with Crippen molar-refractivity contribution >= 4 is 11.6 Å². The molecule has 0 saturated carbocycles. The molecule has 0 bridgehead atoms. The number of nitrogens with zero attached hydrogens (tertiary/aromatic N) is 2. The predicted molar refractivity (Wildman–Crippen MR) is 61.2 cm³/mol. The minimum atomic E-state index is 0.390. The van der Waals surface area contributed by atoms with Crippen LogP contribution in [0.15, 0.2) is 12.4 Å². The molecule has 0 aliphatic rings. The first-order valence-electron chi connectivity index (χ1n) is 5.22. The zero-order chi connectivity index (χ0) is 11.1. The zero-order valence-electron chi connectivity index (χ0n) is 9.24. The van der Waals surface area contributed by atoms with Gasteiger partial charge in [0.1, 0.15) is 0 Å². The maximum atomic E-state index is 5.60. The van der Waals surface area contributed by atoms with Crippen LogP contribution in [0.25, 0.3) is 0 Å². The van der Waals surface area contributed by atoms with E-state index in [9.17, 15) is 0 Å². The van der Waals surface area contributed by atoms with Gasteiger partial charge in [-0.15, -0.1) is 11.6 Å². The summed E-state index contributed by atoms with van der Waals surface area (Å²) in [6, 6.07) is 0. The lowest BCUT2D eigenvalue weighted by Gasteiger charge is -2.06. The molecule has 3 nitrogen and oxygen atoms in total. The first-order chi connectivity index (χ1) is 7.22. The molecule has 0 unspecified atom stereocenters. The standard InChI is InChI=1S/C11H17ClN2O/c1-9(2)4-3-5-15-11-8-13-10(6-12)7-14-11/h7-9H,3-6H2,1-2H3. The molecular formula is C11H17ClN2O. The van der Waals surface area contributed by atoms with E-state index in [4.69, 9.17) is 16.3 Å². The Hall–Kier alpha value is -0.830. The largest absolute Gasteiger partial charge is 0.477 e. The highest BCUT2D eigenvalue weighted by Gasteiger charge is 1.98. The number of rotatable bonds is 6. The molecule has 0 N–H and O–H groups in total. The summed E-state index contributed by atoms with van der Waals surface area (Å²) in [4.78, 5) is 8.19. The Balaban J connectivity index is 2.25. The average Bonchev–Trinajstić information content (AvgIpc) is 2.25. The normalized spacial score (nSPS) is 10.7. The molecular weight excluding hydrogens is 212 g/mol. The van der Waals surface area contributed by atoms with Crippen molar-refractivity contribution in [2.24, 2.45) is 5.92 Å². The van der Waals surface area contributed by atoms with Crippen molar-refractivity contribution in [1.82, 2.24) is 9.97 Å². The van der Waals surface area contributed by atoms with Crippen molar-refractivity contribution in [3.8, 4) is 5.88 Å². The van der Waals surface area contributed by atoms with Crippen LogP contribution in [-0.4, -0.2) is 16.6 Å². The third-order valence-electron chi connectivity index (χ3n) is 1.99. The number of alkyl halides is 1. The summed E-state index contributed by atoms with van der Waals surface area (Å²) in [7, 11) is 0. The molecule has 0 radical (unpaired) electrons. The molecule has 4 heteroatoms. The molecule has 15 heavy (non-hydrogen) atoms. The predicted octanol–water partition coefficient (Wildman–Crippen LogP) is 3.03. The molecule has 0 amide bonds. The van der Waals surface area contributed by atoms with Crippen LogP contribution >= 0.6 is 11.6 Å². The van der Waals surface area contributed by atoms with E-state index in [0.29, 0.717) is 18.4 Å². The fourth-order valence-electron chi connectivity index (χ4n) is 1.15. The second-order valence-electron chi connectivity index (χ2n) is 3.86. The number of ether oxygens (including phenoxy) is 1. The van der Waals surface area contributed by atoms with Gasteiger partial charge in [-0.25, -0.2) is 4.98 Å². The smallest absolute Gasteiger partial charge is 0.232 e. The quantitative estimate of drug-likeness (QED) is 0.555. The average molecular weight is 229 g/mol. The molecule has 1 heterocycles. The van der Waals surface area contributed by atoms with Crippen LogP contribution < -0.4 is 4.74 Å². The van der Waals surface area contributed by atoms with E-state index in [1.54, 1.807) is 12.4 Å². The molecule has 1 aromatic rings. The maximum Gasteiger partial charge on any atom is 0.232 e. The topological polar surface area (TPSA) is 35.0 Å². The molecule has 0 fully saturated rings. The third kappa shape index (κ3) is 4.98. The van der Waals surface area contributed by atoms with Crippen LogP contribution in [0.5, 0.6) is 5.88 Å². The van der Waals surface area contributed by atoms with Gasteiger partial charge in [0.05, 0.1) is 30.6 Å². The fraction of sp³-hybridized carbons (Fsp3) is 0.636. The van der Waals surface area contributed by atoms with E-state index < -0.39 is 0 Å². The molecule has 84 valence electrons. The van der Waals surface area contributed by atoms with Gasteiger partial charge in [-0.1, -0.05) is 13.8 Å². The number of hydrogen-bond acceptors (Lipinski definition) is 3. The Bertz CT molecular complexity index is 274. The summed E-state index contributed by atoms with van der Waals surface area (Å²) in [5, 5.41) is 0. The molecule has 0 aliphatic heterocycles. The zero-order valence-corrected chi connectivity index (χ0v) is 10.00. The molecule has 0 atom stereocenters. The lowest BCUT2D eigenvalue weighted by Crippen LogP contribution is -2.01. The monoisotopic (exact) mass is 228 g/mol. The van der Waals surface area contributed by atoms with Crippen molar-refractivity contribution in [2.75, 3.05) is 6.61 Å². The van der Waals surface area contributed by atoms with Crippen LogP contribution in [0.1, 0.15) is 32.4 Å². The minimum absolute atomic E-state index is 0.390. The van der Waals surface area contributed by atoms with E-state index in [0.717, 1.165) is 18.0 Å². The Kier molecular flexibility index (Phi) is 5.40. The van der Waals surface area contributed by atoms with Crippen LogP contribution in [-0.2, 0) is 5.88 Å². The Morgan fingerprint density at radius 3 is 2.67 bits per heavy atom. The van der Waals surface area contributed by atoms with Gasteiger partial charge in [-0.05, 0) is 18.8 Å². The number of aromatic nitrogens is 2. The van der Waals surface area contributed by atoms with Gasteiger partial charge in [0.2, 0.25) is 5.88 Å². The molecule has 0 saturated heterocycles. The molecule has 0 aliphatic carbocycles. The summed E-state index contributed by atoms with van der Waals surface area (Å²) < 4.78 is 5.44. The van der Waals surface area contributed by atoms with E-state index in [-0.39, 0.29) is 0 Å². The van der Waals surface area contributed by atoms with E-state index in [2.05, 4.69) is 23.8 Å². The van der Waals surface area contributed by atoms with Gasteiger partial charge < -0.3 is 4.74 Å². The first kappa shape index (κ1) is 12.2. The third-order valence-corrected chi connectivity index (χ3v) is 2.27. The second kappa shape index (κ2) is 6.62. The van der Waals surface area contributed by atoms with E-state index in [1.165, 1.54) is 6.42 Å². The number of halogens is 1. The van der Waals surface area contributed by atoms with Gasteiger partial charge in [0.15, 0.2) is 0 Å². The molecule has 0 aromatic carbocycles. The first-order valence-corrected chi connectivity index (χ1v) is 5.75. The van der Waals surface area contributed by atoms with Crippen LogP contribution in [0.3, 0.4) is 0 Å². The summed E-state index contributed by atoms with van der Waals surface area (Å²) >= 11 is 5.60. The summed E-state index contributed by atoms with van der Waals surface area (Å²) in [5.41, 5.74) is 0.770. The highest BCUT2D eigenvalue weighted by Crippen LogP contribution is 2.08. The van der Waals surface area contributed by atoms with Gasteiger partial charge in [0.25, 0.3) is 0 Å². The van der Waals surface area contributed by atoms with Crippen molar-refractivity contribution in [3.63, 3.8) is 0 Å². The van der Waals surface area contributed by atoms with Gasteiger partial charge >= 0.3 is 0 Å². The highest BCUT2D eigenvalue weighted by molar-refractivity contribution is 6.16. The Labute approximate surface area is 95.8 Å². The van der Waals surface area contributed by atoms with Crippen LogP contribution in [0, 0.1) is 5.92 Å². The van der Waals surface area contributed by atoms with Gasteiger partial charge in [-0.3, -0.25) is 4.98 Å².